The largest absolute Gasteiger partial charge is 0.356 e. The van der Waals surface area contributed by atoms with E-state index in [0.717, 1.165) is 11.4 Å². The van der Waals surface area contributed by atoms with Crippen molar-refractivity contribution in [2.24, 2.45) is 0 Å². The molecule has 0 unspecified atom stereocenters. The van der Waals surface area contributed by atoms with Crippen molar-refractivity contribution in [2.75, 3.05) is 5.32 Å². The molecule has 1 heteroatoms. The first-order valence-corrected chi connectivity index (χ1v) is 9.39. The first-order valence-electron chi connectivity index (χ1n) is 9.39. The molecule has 0 saturated carbocycles. The summed E-state index contributed by atoms with van der Waals surface area (Å²) in [6.07, 6.45) is 0. The van der Waals surface area contributed by atoms with Crippen molar-refractivity contribution in [3.63, 3.8) is 0 Å². The van der Waals surface area contributed by atoms with Gasteiger partial charge >= 0.3 is 0 Å². The van der Waals surface area contributed by atoms with Crippen molar-refractivity contribution < 1.29 is 0 Å². The minimum atomic E-state index is -0.151. The van der Waals surface area contributed by atoms with Crippen molar-refractivity contribution in [3.05, 3.63) is 120 Å². The second-order valence-corrected chi connectivity index (χ2v) is 7.29. The Morgan fingerprint density at radius 2 is 1.11 bits per heavy atom. The van der Waals surface area contributed by atoms with Gasteiger partial charge in [-0.3, -0.25) is 0 Å². The summed E-state index contributed by atoms with van der Waals surface area (Å²) < 4.78 is 0. The molecule has 130 valence electrons. The molecule has 5 rings (SSSR count). The first-order chi connectivity index (χ1) is 13.3. The maximum atomic E-state index is 3.53. The molecule has 4 aromatic carbocycles. The molecule has 0 saturated heterocycles. The molecule has 4 aromatic rings. The smallest absolute Gasteiger partial charge is 0.0436 e. The van der Waals surface area contributed by atoms with E-state index in [9.17, 15) is 0 Å². The zero-order chi connectivity index (χ0) is 18.3. The molecule has 1 N–H and O–H groups in total. The maximum Gasteiger partial charge on any atom is 0.0436 e. The molecule has 0 radical (unpaired) electrons. The van der Waals surface area contributed by atoms with Gasteiger partial charge in [-0.2, -0.15) is 0 Å². The van der Waals surface area contributed by atoms with Crippen molar-refractivity contribution in [1.29, 1.82) is 0 Å². The molecule has 0 aliphatic heterocycles. The van der Waals surface area contributed by atoms with Gasteiger partial charge in [-0.05, 0) is 59.0 Å². The average molecular weight is 347 g/mol. The number of hydrogen-bond donors (Lipinski definition) is 1. The summed E-state index contributed by atoms with van der Waals surface area (Å²) in [4.78, 5) is 0. The van der Waals surface area contributed by atoms with Gasteiger partial charge in [-0.25, -0.2) is 0 Å². The van der Waals surface area contributed by atoms with Crippen LogP contribution in [0.1, 0.15) is 23.6 Å². The predicted octanol–water partition coefficient (Wildman–Crippen LogP) is 6.76. The number of hydrogen-bond acceptors (Lipinski definition) is 1. The summed E-state index contributed by atoms with van der Waals surface area (Å²) in [6.45, 7) is 2.35. The Morgan fingerprint density at radius 3 is 1.78 bits per heavy atom. The second-order valence-electron chi connectivity index (χ2n) is 7.29. The molecule has 1 nitrogen and oxygen atoms in total. The fraction of sp³-hybridized carbons (Fsp3) is 0.0769. The van der Waals surface area contributed by atoms with Crippen LogP contribution in [0.3, 0.4) is 0 Å². The van der Waals surface area contributed by atoms with E-state index in [4.69, 9.17) is 0 Å². The van der Waals surface area contributed by atoms with Crippen LogP contribution in [0, 0.1) is 0 Å². The Kier molecular flexibility index (Phi) is 3.61. The highest BCUT2D eigenvalue weighted by molar-refractivity contribution is 5.83. The van der Waals surface area contributed by atoms with Gasteiger partial charge in [0.15, 0.2) is 0 Å². The van der Waals surface area contributed by atoms with E-state index in [2.05, 4.69) is 109 Å². The van der Waals surface area contributed by atoms with Gasteiger partial charge < -0.3 is 5.32 Å². The molecule has 0 heterocycles. The highest BCUT2D eigenvalue weighted by atomic mass is 14.9. The standard InChI is InChI=1S/C26H21N/c1-26(19-10-9-13-21(18-19)27-20-11-3-2-4-12-20)24-16-7-5-14-22(24)23-15-6-8-17-25(23)26/h2-18,27H,1H3. The Labute approximate surface area is 160 Å². The topological polar surface area (TPSA) is 12.0 Å². The summed E-state index contributed by atoms with van der Waals surface area (Å²) in [5.41, 5.74) is 8.82. The van der Waals surface area contributed by atoms with E-state index in [1.807, 2.05) is 6.07 Å². The minimum absolute atomic E-state index is 0.151. The summed E-state index contributed by atoms with van der Waals surface area (Å²) in [5, 5.41) is 3.53. The lowest BCUT2D eigenvalue weighted by molar-refractivity contribution is 0.714. The van der Waals surface area contributed by atoms with Gasteiger partial charge in [0.05, 0.1) is 0 Å². The monoisotopic (exact) mass is 347 g/mol. The molecule has 1 aliphatic carbocycles. The van der Waals surface area contributed by atoms with Gasteiger partial charge in [0.2, 0.25) is 0 Å². The molecule has 0 spiro atoms. The summed E-state index contributed by atoms with van der Waals surface area (Å²) in [6, 6.07) is 36.7. The summed E-state index contributed by atoms with van der Waals surface area (Å²) in [5.74, 6) is 0. The molecule has 0 amide bonds. The first kappa shape index (κ1) is 15.9. The number of fused-ring (bicyclic) bond motifs is 3. The Morgan fingerprint density at radius 1 is 0.556 bits per heavy atom. The van der Waals surface area contributed by atoms with Crippen LogP contribution in [-0.4, -0.2) is 0 Å². The Hall–Kier alpha value is -3.32. The molecule has 1 aliphatic rings. The van der Waals surface area contributed by atoms with Gasteiger partial charge in [-0.1, -0.05) is 78.9 Å². The third-order valence-electron chi connectivity index (χ3n) is 5.72. The average Bonchev–Trinajstić information content (AvgIpc) is 3.00. The lowest BCUT2D eigenvalue weighted by Crippen LogP contribution is -2.22. The third-order valence-corrected chi connectivity index (χ3v) is 5.72. The van der Waals surface area contributed by atoms with Gasteiger partial charge in [0, 0.05) is 16.8 Å². The highest BCUT2D eigenvalue weighted by Gasteiger charge is 2.40. The molecule has 0 fully saturated rings. The summed E-state index contributed by atoms with van der Waals surface area (Å²) >= 11 is 0. The zero-order valence-electron chi connectivity index (χ0n) is 15.3. The van der Waals surface area contributed by atoms with Gasteiger partial charge in [0.1, 0.15) is 0 Å². The Balaban J connectivity index is 1.65. The van der Waals surface area contributed by atoms with Crippen molar-refractivity contribution in [2.45, 2.75) is 12.3 Å². The van der Waals surface area contributed by atoms with Crippen molar-refractivity contribution >= 4 is 11.4 Å². The van der Waals surface area contributed by atoms with Gasteiger partial charge in [-0.15, -0.1) is 0 Å². The Bertz CT molecular complexity index is 1070. The molecular weight excluding hydrogens is 326 g/mol. The van der Waals surface area contributed by atoms with Crippen LogP contribution in [0.15, 0.2) is 103 Å². The minimum Gasteiger partial charge on any atom is -0.356 e. The zero-order valence-corrected chi connectivity index (χ0v) is 15.3. The normalized spacial score (nSPS) is 13.7. The fourth-order valence-electron chi connectivity index (χ4n) is 4.36. The van der Waals surface area contributed by atoms with Crippen LogP contribution in [0.4, 0.5) is 11.4 Å². The number of para-hydroxylation sites is 1. The van der Waals surface area contributed by atoms with E-state index in [-0.39, 0.29) is 5.41 Å². The molecule has 0 bridgehead atoms. The van der Waals surface area contributed by atoms with Crippen molar-refractivity contribution in [3.8, 4) is 11.1 Å². The molecular formula is C26H21N. The SMILES string of the molecule is CC1(c2cccc(Nc3ccccc3)c2)c2ccccc2-c2ccccc21. The van der Waals surface area contributed by atoms with E-state index in [1.165, 1.54) is 27.8 Å². The quantitative estimate of drug-likeness (QED) is 0.431. The number of benzene rings is 4. The summed E-state index contributed by atoms with van der Waals surface area (Å²) in [7, 11) is 0. The van der Waals surface area contributed by atoms with Crippen LogP contribution in [0.2, 0.25) is 0 Å². The van der Waals surface area contributed by atoms with Crippen LogP contribution in [0.25, 0.3) is 11.1 Å². The molecule has 27 heavy (non-hydrogen) atoms. The number of anilines is 2. The third kappa shape index (κ3) is 2.47. The lowest BCUT2D eigenvalue weighted by atomic mass is 9.74. The molecule has 0 atom stereocenters. The van der Waals surface area contributed by atoms with Crippen LogP contribution < -0.4 is 5.32 Å². The number of rotatable bonds is 3. The van der Waals surface area contributed by atoms with Crippen LogP contribution >= 0.6 is 0 Å². The van der Waals surface area contributed by atoms with E-state index >= 15 is 0 Å². The lowest BCUT2D eigenvalue weighted by Gasteiger charge is -2.28. The van der Waals surface area contributed by atoms with Crippen LogP contribution in [0.5, 0.6) is 0 Å². The second kappa shape index (κ2) is 6.14. The maximum absolute atomic E-state index is 3.53. The highest BCUT2D eigenvalue weighted by Crippen LogP contribution is 2.52. The van der Waals surface area contributed by atoms with Gasteiger partial charge in [0.25, 0.3) is 0 Å². The molecule has 0 aromatic heterocycles. The van der Waals surface area contributed by atoms with Crippen LogP contribution in [-0.2, 0) is 5.41 Å². The van der Waals surface area contributed by atoms with E-state index < -0.39 is 0 Å². The van der Waals surface area contributed by atoms with E-state index in [0.29, 0.717) is 0 Å². The van der Waals surface area contributed by atoms with Crippen molar-refractivity contribution in [1.82, 2.24) is 0 Å². The predicted molar refractivity (Wildman–Crippen MR) is 114 cm³/mol. The fourth-order valence-corrected chi connectivity index (χ4v) is 4.36. The number of nitrogens with one attached hydrogen (secondary N) is 1. The van der Waals surface area contributed by atoms with E-state index in [1.54, 1.807) is 0 Å².